The van der Waals surface area contributed by atoms with Gasteiger partial charge in [0, 0.05) is 13.1 Å². The van der Waals surface area contributed by atoms with Crippen LogP contribution in [0.15, 0.2) is 12.2 Å². The number of nitrogens with zero attached hydrogens (tertiary/aromatic N) is 1. The van der Waals surface area contributed by atoms with Crippen molar-refractivity contribution in [3.05, 3.63) is 12.2 Å². The molecule has 0 aliphatic carbocycles. The quantitative estimate of drug-likeness (QED) is 0.352. The van der Waals surface area contributed by atoms with E-state index in [2.05, 4.69) is 18.0 Å². The van der Waals surface area contributed by atoms with Gasteiger partial charge in [0.2, 0.25) is 0 Å². The van der Waals surface area contributed by atoms with E-state index in [0.717, 1.165) is 13.1 Å². The average Bonchev–Trinajstić information content (AvgIpc) is 1.64. The summed E-state index contributed by atoms with van der Waals surface area (Å²) in [6.07, 6.45) is 4.14. The molecule has 8 heavy (non-hydrogen) atoms. The number of rotatable bonds is 0. The van der Waals surface area contributed by atoms with Crippen LogP contribution in [0.2, 0.25) is 0 Å². The van der Waals surface area contributed by atoms with Crippen molar-refractivity contribution in [1.82, 2.24) is 4.90 Å². The summed E-state index contributed by atoms with van der Waals surface area (Å²) in [4.78, 5) is 2.19. The third-order valence-electron chi connectivity index (χ3n) is 1.25. The maximum atomic E-state index is 5.78. The normalized spacial score (nSPS) is 31.0. The molecule has 1 atom stereocenters. The first kappa shape index (κ1) is 6.12. The van der Waals surface area contributed by atoms with Gasteiger partial charge in [0.15, 0.2) is 0 Å². The van der Waals surface area contributed by atoms with E-state index in [-0.39, 0.29) is 5.38 Å². The van der Waals surface area contributed by atoms with E-state index in [1.807, 2.05) is 6.08 Å². The Kier molecular flexibility index (Phi) is 1.92. The minimum absolute atomic E-state index is 0.230. The van der Waals surface area contributed by atoms with Crippen molar-refractivity contribution in [2.75, 3.05) is 20.1 Å². The molecule has 0 aromatic carbocycles. The third kappa shape index (κ3) is 1.49. The van der Waals surface area contributed by atoms with Crippen LogP contribution >= 0.6 is 11.6 Å². The van der Waals surface area contributed by atoms with Crippen LogP contribution in [0.4, 0.5) is 0 Å². The SMILES string of the molecule is CN1CC=CC(Cl)C1. The maximum Gasteiger partial charge on any atom is 0.0643 e. The van der Waals surface area contributed by atoms with Crippen LogP contribution in [0.5, 0.6) is 0 Å². The highest BCUT2D eigenvalue weighted by atomic mass is 35.5. The molecule has 0 fully saturated rings. The summed E-state index contributed by atoms with van der Waals surface area (Å²) in [5, 5.41) is 0.230. The highest BCUT2D eigenvalue weighted by molar-refractivity contribution is 6.22. The van der Waals surface area contributed by atoms with E-state index in [9.17, 15) is 0 Å². The molecule has 2 heteroatoms. The Bertz CT molecular complexity index is 101. The summed E-state index contributed by atoms with van der Waals surface area (Å²) >= 11 is 5.78. The van der Waals surface area contributed by atoms with E-state index in [4.69, 9.17) is 11.6 Å². The van der Waals surface area contributed by atoms with Crippen molar-refractivity contribution in [2.45, 2.75) is 5.38 Å². The molecule has 1 heterocycles. The molecule has 1 aliphatic rings. The highest BCUT2D eigenvalue weighted by Crippen LogP contribution is 2.04. The number of halogens is 1. The lowest BCUT2D eigenvalue weighted by atomic mass is 10.3. The minimum atomic E-state index is 0.230. The zero-order valence-corrected chi connectivity index (χ0v) is 5.73. The van der Waals surface area contributed by atoms with Crippen LogP contribution in [0.25, 0.3) is 0 Å². The van der Waals surface area contributed by atoms with Gasteiger partial charge in [-0.1, -0.05) is 12.2 Å². The summed E-state index contributed by atoms with van der Waals surface area (Å²) in [7, 11) is 2.07. The van der Waals surface area contributed by atoms with Crippen molar-refractivity contribution in [1.29, 1.82) is 0 Å². The second kappa shape index (κ2) is 2.51. The first-order chi connectivity index (χ1) is 3.79. The fraction of sp³-hybridized carbons (Fsp3) is 0.667. The molecule has 0 aromatic heterocycles. The number of hydrogen-bond donors (Lipinski definition) is 0. The molecule has 1 nitrogen and oxygen atoms in total. The second-order valence-corrected chi connectivity index (χ2v) is 2.73. The van der Waals surface area contributed by atoms with Gasteiger partial charge < -0.3 is 4.90 Å². The Balaban J connectivity index is 2.42. The van der Waals surface area contributed by atoms with Gasteiger partial charge in [-0.15, -0.1) is 11.6 Å². The maximum absolute atomic E-state index is 5.78. The van der Waals surface area contributed by atoms with E-state index in [1.54, 1.807) is 0 Å². The van der Waals surface area contributed by atoms with Crippen LogP contribution in [0.3, 0.4) is 0 Å². The summed E-state index contributed by atoms with van der Waals surface area (Å²) in [5.74, 6) is 0. The van der Waals surface area contributed by atoms with Gasteiger partial charge in [0.1, 0.15) is 0 Å². The molecular formula is C6H10ClN. The summed E-state index contributed by atoms with van der Waals surface area (Å²) in [5.41, 5.74) is 0. The van der Waals surface area contributed by atoms with E-state index >= 15 is 0 Å². The van der Waals surface area contributed by atoms with Crippen LogP contribution in [0.1, 0.15) is 0 Å². The van der Waals surface area contributed by atoms with E-state index < -0.39 is 0 Å². The highest BCUT2D eigenvalue weighted by Gasteiger charge is 2.07. The largest absolute Gasteiger partial charge is 0.301 e. The molecule has 0 saturated carbocycles. The van der Waals surface area contributed by atoms with Crippen LogP contribution < -0.4 is 0 Å². The van der Waals surface area contributed by atoms with Crippen molar-refractivity contribution >= 4 is 11.6 Å². The zero-order valence-electron chi connectivity index (χ0n) is 4.97. The molecule has 0 N–H and O–H groups in total. The predicted octanol–water partition coefficient (Wildman–Crippen LogP) is 1.10. The third-order valence-corrected chi connectivity index (χ3v) is 1.53. The van der Waals surface area contributed by atoms with E-state index in [0.29, 0.717) is 0 Å². The van der Waals surface area contributed by atoms with Gasteiger partial charge in [-0.3, -0.25) is 0 Å². The Labute approximate surface area is 54.9 Å². The standard InChI is InChI=1S/C6H10ClN/c1-8-4-2-3-6(7)5-8/h2-3,6H,4-5H2,1H3. The lowest BCUT2D eigenvalue weighted by molar-refractivity contribution is 0.368. The van der Waals surface area contributed by atoms with E-state index in [1.165, 1.54) is 0 Å². The van der Waals surface area contributed by atoms with Gasteiger partial charge in [0.05, 0.1) is 5.38 Å². The van der Waals surface area contributed by atoms with Crippen molar-refractivity contribution in [3.8, 4) is 0 Å². The predicted molar refractivity (Wildman–Crippen MR) is 36.3 cm³/mol. The van der Waals surface area contributed by atoms with Gasteiger partial charge in [0.25, 0.3) is 0 Å². The second-order valence-electron chi connectivity index (χ2n) is 2.17. The van der Waals surface area contributed by atoms with Crippen LogP contribution in [-0.4, -0.2) is 30.4 Å². The lowest BCUT2D eigenvalue weighted by Crippen LogP contribution is -2.28. The smallest absolute Gasteiger partial charge is 0.0643 e. The van der Waals surface area contributed by atoms with Crippen molar-refractivity contribution in [2.24, 2.45) is 0 Å². The first-order valence-electron chi connectivity index (χ1n) is 2.78. The molecule has 46 valence electrons. The molecule has 0 spiro atoms. The van der Waals surface area contributed by atoms with Gasteiger partial charge in [-0.25, -0.2) is 0 Å². The molecule has 0 saturated heterocycles. The molecule has 0 radical (unpaired) electrons. The molecule has 0 aromatic rings. The monoisotopic (exact) mass is 131 g/mol. The Hall–Kier alpha value is -0.0100. The summed E-state index contributed by atoms with van der Waals surface area (Å²) in [6.45, 7) is 2.03. The Morgan fingerprint density at radius 2 is 2.50 bits per heavy atom. The molecular weight excluding hydrogens is 122 g/mol. The average molecular weight is 132 g/mol. The molecule has 0 bridgehead atoms. The molecule has 0 amide bonds. The van der Waals surface area contributed by atoms with Crippen LogP contribution in [-0.2, 0) is 0 Å². The lowest BCUT2D eigenvalue weighted by Gasteiger charge is -2.20. The van der Waals surface area contributed by atoms with Gasteiger partial charge >= 0.3 is 0 Å². The number of hydrogen-bond acceptors (Lipinski definition) is 1. The van der Waals surface area contributed by atoms with Crippen LogP contribution in [0, 0.1) is 0 Å². The van der Waals surface area contributed by atoms with Crippen molar-refractivity contribution < 1.29 is 0 Å². The Morgan fingerprint density at radius 1 is 1.75 bits per heavy atom. The first-order valence-corrected chi connectivity index (χ1v) is 3.22. The minimum Gasteiger partial charge on any atom is -0.301 e. The fourth-order valence-electron chi connectivity index (χ4n) is 0.822. The number of alkyl halides is 1. The summed E-state index contributed by atoms with van der Waals surface area (Å²) < 4.78 is 0. The summed E-state index contributed by atoms with van der Waals surface area (Å²) in [6, 6.07) is 0. The molecule has 1 unspecified atom stereocenters. The molecule has 1 rings (SSSR count). The topological polar surface area (TPSA) is 3.24 Å². The fourth-order valence-corrected chi connectivity index (χ4v) is 1.16. The Morgan fingerprint density at radius 3 is 2.88 bits per heavy atom. The van der Waals surface area contributed by atoms with Gasteiger partial charge in [-0.2, -0.15) is 0 Å². The van der Waals surface area contributed by atoms with Gasteiger partial charge in [-0.05, 0) is 7.05 Å². The van der Waals surface area contributed by atoms with Crippen molar-refractivity contribution in [3.63, 3.8) is 0 Å². The molecule has 1 aliphatic heterocycles. The number of likely N-dealkylation sites (N-methyl/N-ethyl adjacent to an activating group) is 1. The zero-order chi connectivity index (χ0) is 5.98.